The van der Waals surface area contributed by atoms with Gasteiger partial charge in [-0.25, -0.2) is 9.98 Å². The molecule has 0 aliphatic carbocycles. The minimum Gasteiger partial charge on any atom is -0.357 e. The lowest BCUT2D eigenvalue weighted by Gasteiger charge is -2.40. The lowest BCUT2D eigenvalue weighted by Crippen LogP contribution is -2.51. The lowest BCUT2D eigenvalue weighted by molar-refractivity contribution is -0.119. The van der Waals surface area contributed by atoms with E-state index in [1.165, 1.54) is 0 Å². The number of hydrogen-bond donors (Lipinski definition) is 2. The van der Waals surface area contributed by atoms with Crippen molar-refractivity contribution in [3.8, 4) is 0 Å². The Bertz CT molecular complexity index is 884. The maximum absolute atomic E-state index is 11.7. The number of pyridine rings is 1. The zero-order valence-electron chi connectivity index (χ0n) is 15.9. The average molecular weight is 517 g/mol. The quantitative estimate of drug-likeness (QED) is 0.374. The molecule has 9 heteroatoms. The molecule has 28 heavy (non-hydrogen) atoms. The molecule has 2 aliphatic rings. The average Bonchev–Trinajstić information content (AvgIpc) is 3.21. The van der Waals surface area contributed by atoms with E-state index in [2.05, 4.69) is 27.4 Å². The molecule has 2 aromatic heterocycles. The summed E-state index contributed by atoms with van der Waals surface area (Å²) >= 11 is 6.05. The number of likely N-dealkylation sites (tertiary alicyclic amines) is 1. The maximum Gasteiger partial charge on any atom is 0.220 e. The molecule has 1 atom stereocenters. The minimum absolute atomic E-state index is 0. The predicted octanol–water partition coefficient (Wildman–Crippen LogP) is 2.67. The summed E-state index contributed by atoms with van der Waals surface area (Å²) in [5, 5.41) is 7.08. The molecule has 1 spiro atoms. The lowest BCUT2D eigenvalue weighted by atomic mass is 9.79. The Balaban J connectivity index is 0.00000225. The second-order valence-corrected chi connectivity index (χ2v) is 7.93. The van der Waals surface area contributed by atoms with Gasteiger partial charge in [0.05, 0.1) is 17.3 Å². The fourth-order valence-electron chi connectivity index (χ4n) is 4.10. The zero-order chi connectivity index (χ0) is 18.9. The molecule has 2 aromatic rings. The second-order valence-electron chi connectivity index (χ2n) is 7.49. The van der Waals surface area contributed by atoms with Gasteiger partial charge in [0.15, 0.2) is 5.96 Å². The van der Waals surface area contributed by atoms with Crippen molar-refractivity contribution >= 4 is 53.1 Å². The van der Waals surface area contributed by atoms with Crippen LogP contribution in [0.3, 0.4) is 0 Å². The van der Waals surface area contributed by atoms with Crippen molar-refractivity contribution in [1.29, 1.82) is 0 Å². The fourth-order valence-corrected chi connectivity index (χ4v) is 4.27. The van der Waals surface area contributed by atoms with E-state index in [0.717, 1.165) is 56.3 Å². The van der Waals surface area contributed by atoms with Crippen LogP contribution in [-0.4, -0.2) is 52.3 Å². The van der Waals surface area contributed by atoms with Crippen LogP contribution in [0.2, 0.25) is 5.02 Å². The number of guanidine groups is 1. The molecule has 152 valence electrons. The third-order valence-electron chi connectivity index (χ3n) is 5.35. The van der Waals surface area contributed by atoms with E-state index in [-0.39, 0.29) is 35.3 Å². The van der Waals surface area contributed by atoms with Gasteiger partial charge in [-0.05, 0) is 31.9 Å². The molecule has 0 radical (unpaired) electrons. The number of imidazole rings is 1. The number of carbonyl (C=O) groups excluding carboxylic acids is 1. The van der Waals surface area contributed by atoms with Crippen molar-refractivity contribution in [2.24, 2.45) is 10.4 Å². The van der Waals surface area contributed by atoms with Gasteiger partial charge in [-0.15, -0.1) is 24.0 Å². The number of carbonyl (C=O) groups is 1. The van der Waals surface area contributed by atoms with E-state index < -0.39 is 0 Å². The number of piperidine rings is 1. The van der Waals surface area contributed by atoms with Crippen molar-refractivity contribution in [2.45, 2.75) is 32.7 Å². The van der Waals surface area contributed by atoms with E-state index in [4.69, 9.17) is 16.6 Å². The highest BCUT2D eigenvalue weighted by Gasteiger charge is 2.42. The van der Waals surface area contributed by atoms with Gasteiger partial charge in [-0.2, -0.15) is 0 Å². The third-order valence-corrected chi connectivity index (χ3v) is 5.57. The van der Waals surface area contributed by atoms with E-state index in [9.17, 15) is 4.79 Å². The monoisotopic (exact) mass is 516 g/mol. The van der Waals surface area contributed by atoms with Crippen molar-refractivity contribution in [3.63, 3.8) is 0 Å². The van der Waals surface area contributed by atoms with Crippen LogP contribution in [0.15, 0.2) is 29.5 Å². The van der Waals surface area contributed by atoms with Crippen LogP contribution in [0.25, 0.3) is 5.65 Å². The number of aliphatic imine (C=N–C) groups is 1. The first-order valence-corrected chi connectivity index (χ1v) is 9.88. The molecule has 1 amide bonds. The number of aromatic nitrogens is 2. The second kappa shape index (κ2) is 8.86. The van der Waals surface area contributed by atoms with Gasteiger partial charge in [0.1, 0.15) is 5.65 Å². The molecule has 7 nitrogen and oxygen atoms in total. The van der Waals surface area contributed by atoms with Crippen LogP contribution in [-0.2, 0) is 11.3 Å². The first kappa shape index (κ1) is 21.2. The van der Waals surface area contributed by atoms with Gasteiger partial charge in [0.2, 0.25) is 5.91 Å². The van der Waals surface area contributed by atoms with Crippen LogP contribution in [0.1, 0.15) is 31.9 Å². The summed E-state index contributed by atoms with van der Waals surface area (Å²) in [6, 6.07) is 3.74. The summed E-state index contributed by atoms with van der Waals surface area (Å²) in [5.74, 6) is 1.06. The largest absolute Gasteiger partial charge is 0.357 e. The van der Waals surface area contributed by atoms with Gasteiger partial charge in [-0.3, -0.25) is 4.79 Å². The van der Waals surface area contributed by atoms with E-state index in [1.807, 2.05) is 28.9 Å². The number of nitrogens with zero attached hydrogens (tertiary/aromatic N) is 4. The summed E-state index contributed by atoms with van der Waals surface area (Å²) in [6.45, 7) is 5.97. The normalized spacial score (nSPS) is 22.4. The zero-order valence-corrected chi connectivity index (χ0v) is 19.0. The topological polar surface area (TPSA) is 74.0 Å². The standard InChI is InChI=1S/C19H25ClN6O.HI/c1-2-21-18(25-7-3-6-19(13-25)8-17(27)23-12-19)22-9-15-11-26-10-14(20)4-5-16(26)24-15;/h4-5,10-11H,2-3,6-9,12-13H2,1H3,(H,21,22)(H,23,27);1H. The fraction of sp³-hybridized carbons (Fsp3) is 0.526. The molecule has 2 fully saturated rings. The van der Waals surface area contributed by atoms with Gasteiger partial charge in [0.25, 0.3) is 0 Å². The molecule has 2 aliphatic heterocycles. The van der Waals surface area contributed by atoms with Crippen molar-refractivity contribution in [3.05, 3.63) is 35.2 Å². The number of hydrogen-bond acceptors (Lipinski definition) is 3. The summed E-state index contributed by atoms with van der Waals surface area (Å²) < 4.78 is 1.92. The van der Waals surface area contributed by atoms with Crippen LogP contribution in [0.4, 0.5) is 0 Å². The number of fused-ring (bicyclic) bond motifs is 1. The number of halogens is 2. The summed E-state index contributed by atoms with van der Waals surface area (Å²) in [5.41, 5.74) is 1.81. The number of amides is 1. The van der Waals surface area contributed by atoms with Crippen LogP contribution in [0.5, 0.6) is 0 Å². The van der Waals surface area contributed by atoms with Crippen LogP contribution < -0.4 is 10.6 Å². The van der Waals surface area contributed by atoms with Crippen molar-refractivity contribution in [1.82, 2.24) is 24.9 Å². The van der Waals surface area contributed by atoms with Crippen LogP contribution >= 0.6 is 35.6 Å². The van der Waals surface area contributed by atoms with Crippen LogP contribution in [0, 0.1) is 5.41 Å². The Morgan fingerprint density at radius 2 is 2.29 bits per heavy atom. The Kier molecular flexibility index (Phi) is 6.69. The van der Waals surface area contributed by atoms with E-state index in [1.54, 1.807) is 0 Å². The van der Waals surface area contributed by atoms with Gasteiger partial charge in [0, 0.05) is 50.4 Å². The minimum atomic E-state index is 0. The molecule has 0 saturated carbocycles. The summed E-state index contributed by atoms with van der Waals surface area (Å²) in [7, 11) is 0. The summed E-state index contributed by atoms with van der Waals surface area (Å²) in [4.78, 5) is 23.5. The highest BCUT2D eigenvalue weighted by atomic mass is 127. The summed E-state index contributed by atoms with van der Waals surface area (Å²) in [6.07, 6.45) is 6.60. The van der Waals surface area contributed by atoms with Crippen molar-refractivity contribution in [2.75, 3.05) is 26.2 Å². The molecule has 4 rings (SSSR count). The number of rotatable bonds is 3. The molecular weight excluding hydrogens is 491 g/mol. The van der Waals surface area contributed by atoms with Gasteiger partial charge < -0.3 is 19.9 Å². The molecule has 2 saturated heterocycles. The highest BCUT2D eigenvalue weighted by Crippen LogP contribution is 2.36. The van der Waals surface area contributed by atoms with E-state index in [0.29, 0.717) is 18.0 Å². The van der Waals surface area contributed by atoms with E-state index >= 15 is 0 Å². The highest BCUT2D eigenvalue weighted by molar-refractivity contribution is 14.0. The molecular formula is C19H26ClIN6O. The van der Waals surface area contributed by atoms with Gasteiger partial charge >= 0.3 is 0 Å². The first-order valence-electron chi connectivity index (χ1n) is 9.50. The molecule has 2 N–H and O–H groups in total. The smallest absolute Gasteiger partial charge is 0.220 e. The molecule has 1 unspecified atom stereocenters. The molecule has 4 heterocycles. The third kappa shape index (κ3) is 4.53. The van der Waals surface area contributed by atoms with Gasteiger partial charge in [-0.1, -0.05) is 11.6 Å². The first-order chi connectivity index (χ1) is 13.1. The molecule has 0 bridgehead atoms. The predicted molar refractivity (Wildman–Crippen MR) is 121 cm³/mol. The molecule has 0 aromatic carbocycles. The Hall–Kier alpha value is -1.55. The Morgan fingerprint density at radius 3 is 3.04 bits per heavy atom. The van der Waals surface area contributed by atoms with Crippen molar-refractivity contribution < 1.29 is 4.79 Å². The SMILES string of the molecule is CCNC(=NCc1cn2cc(Cl)ccc2n1)N1CCCC2(CNC(=O)C2)C1.I. The Labute approximate surface area is 187 Å². The number of nitrogens with one attached hydrogen (secondary N) is 2. The maximum atomic E-state index is 11.7. The Morgan fingerprint density at radius 1 is 1.43 bits per heavy atom.